The van der Waals surface area contributed by atoms with Gasteiger partial charge in [0, 0.05) is 19.1 Å². The highest BCUT2D eigenvalue weighted by Crippen LogP contribution is 2.54. The van der Waals surface area contributed by atoms with Crippen molar-refractivity contribution < 1.29 is 14.2 Å². The van der Waals surface area contributed by atoms with Crippen molar-refractivity contribution in [2.45, 2.75) is 50.9 Å². The molecule has 2 saturated heterocycles. The van der Waals surface area contributed by atoms with Gasteiger partial charge in [0.25, 0.3) is 0 Å². The minimum Gasteiger partial charge on any atom is -0.493 e. The van der Waals surface area contributed by atoms with Crippen molar-refractivity contribution in [1.29, 1.82) is 0 Å². The number of benzene rings is 1. The fourth-order valence-electron chi connectivity index (χ4n) is 4.68. The Bertz CT molecular complexity index is 615. The van der Waals surface area contributed by atoms with Gasteiger partial charge in [-0.3, -0.25) is 4.90 Å². The van der Waals surface area contributed by atoms with Gasteiger partial charge in [0.15, 0.2) is 11.5 Å². The third-order valence-electron chi connectivity index (χ3n) is 5.68. The SMILES string of the molecule is COc1cc2c(cc1OC)[C@@H]1C[C@@H]3O[C@]3(CC(C)C)CN1CC2. The Morgan fingerprint density at radius 1 is 1.26 bits per heavy atom. The lowest BCUT2D eigenvalue weighted by Gasteiger charge is -2.42. The second-order valence-electron chi connectivity index (χ2n) is 7.65. The predicted octanol–water partition coefficient (Wildman–Crippen LogP) is 3.19. The molecule has 0 N–H and O–H groups in total. The fraction of sp³-hybridized carbons (Fsp3) is 0.684. The Labute approximate surface area is 138 Å². The summed E-state index contributed by atoms with van der Waals surface area (Å²) in [5, 5.41) is 0. The second kappa shape index (κ2) is 5.38. The van der Waals surface area contributed by atoms with Crippen molar-refractivity contribution in [3.05, 3.63) is 23.3 Å². The standard InChI is InChI=1S/C19H27NO3/c1-12(2)10-19-11-20-6-5-13-7-16(21-3)17(22-4)8-14(13)15(20)9-18(19)23-19/h7-8,12,15,18H,5-6,9-11H2,1-4H3/t15-,18-,19+/m0/s1. The number of epoxide rings is 1. The van der Waals surface area contributed by atoms with E-state index in [2.05, 4.69) is 30.9 Å². The summed E-state index contributed by atoms with van der Waals surface area (Å²) < 4.78 is 17.2. The summed E-state index contributed by atoms with van der Waals surface area (Å²) >= 11 is 0. The van der Waals surface area contributed by atoms with Crippen LogP contribution in [0.15, 0.2) is 12.1 Å². The molecule has 0 aromatic heterocycles. The maximum Gasteiger partial charge on any atom is 0.161 e. The fourth-order valence-corrected chi connectivity index (χ4v) is 4.68. The van der Waals surface area contributed by atoms with E-state index < -0.39 is 0 Å². The summed E-state index contributed by atoms with van der Waals surface area (Å²) in [6.07, 6.45) is 3.80. The lowest BCUT2D eigenvalue weighted by atomic mass is 9.81. The molecule has 3 aliphatic heterocycles. The zero-order valence-corrected chi connectivity index (χ0v) is 14.6. The first-order chi connectivity index (χ1) is 11.1. The first-order valence-electron chi connectivity index (χ1n) is 8.73. The molecule has 1 aromatic carbocycles. The topological polar surface area (TPSA) is 34.2 Å². The molecule has 4 nitrogen and oxygen atoms in total. The zero-order chi connectivity index (χ0) is 16.2. The Morgan fingerprint density at radius 2 is 2.00 bits per heavy atom. The minimum absolute atomic E-state index is 0.138. The third-order valence-corrected chi connectivity index (χ3v) is 5.68. The summed E-state index contributed by atoms with van der Waals surface area (Å²) in [7, 11) is 3.42. The highest BCUT2D eigenvalue weighted by Gasteiger charge is 2.61. The van der Waals surface area contributed by atoms with E-state index in [0.717, 1.165) is 37.4 Å². The van der Waals surface area contributed by atoms with Gasteiger partial charge in [0.1, 0.15) is 5.60 Å². The molecule has 3 aliphatic rings. The summed E-state index contributed by atoms with van der Waals surface area (Å²) in [6.45, 7) is 6.78. The van der Waals surface area contributed by atoms with Crippen LogP contribution in [0.4, 0.5) is 0 Å². The second-order valence-corrected chi connectivity index (χ2v) is 7.65. The van der Waals surface area contributed by atoms with Crippen LogP contribution in [0.1, 0.15) is 43.9 Å². The molecule has 1 aromatic rings. The average Bonchev–Trinajstić information content (AvgIpc) is 3.22. The Hall–Kier alpha value is -1.26. The van der Waals surface area contributed by atoms with Gasteiger partial charge in [-0.1, -0.05) is 13.8 Å². The third kappa shape index (κ3) is 2.43. The molecular formula is C19H27NO3. The van der Waals surface area contributed by atoms with Crippen LogP contribution < -0.4 is 9.47 Å². The molecule has 0 unspecified atom stereocenters. The molecule has 0 bridgehead atoms. The number of nitrogens with zero attached hydrogens (tertiary/aromatic N) is 1. The number of methoxy groups -OCH3 is 2. The molecule has 3 atom stereocenters. The molecule has 4 rings (SSSR count). The van der Waals surface area contributed by atoms with Gasteiger partial charge in [-0.05, 0) is 48.4 Å². The number of fused-ring (bicyclic) bond motifs is 4. The van der Waals surface area contributed by atoms with Gasteiger partial charge in [-0.25, -0.2) is 0 Å². The van der Waals surface area contributed by atoms with Crippen LogP contribution in [0.25, 0.3) is 0 Å². The first kappa shape index (κ1) is 15.3. The molecule has 23 heavy (non-hydrogen) atoms. The molecule has 0 radical (unpaired) electrons. The van der Waals surface area contributed by atoms with Crippen LogP contribution in [0, 0.1) is 5.92 Å². The average molecular weight is 317 g/mol. The van der Waals surface area contributed by atoms with Crippen LogP contribution in [-0.2, 0) is 11.2 Å². The van der Waals surface area contributed by atoms with Gasteiger partial charge >= 0.3 is 0 Å². The van der Waals surface area contributed by atoms with E-state index in [9.17, 15) is 0 Å². The van der Waals surface area contributed by atoms with Crippen molar-refractivity contribution in [2.75, 3.05) is 27.3 Å². The highest BCUT2D eigenvalue weighted by molar-refractivity contribution is 5.50. The van der Waals surface area contributed by atoms with E-state index in [1.807, 2.05) is 0 Å². The zero-order valence-electron chi connectivity index (χ0n) is 14.6. The molecular weight excluding hydrogens is 290 g/mol. The quantitative estimate of drug-likeness (QED) is 0.799. The van der Waals surface area contributed by atoms with Crippen LogP contribution in [0.2, 0.25) is 0 Å². The summed E-state index contributed by atoms with van der Waals surface area (Å²) in [4.78, 5) is 2.63. The Balaban J connectivity index is 1.62. The molecule has 0 amide bonds. The smallest absolute Gasteiger partial charge is 0.161 e. The molecule has 3 heterocycles. The Kier molecular flexibility index (Phi) is 3.58. The van der Waals surface area contributed by atoms with Crippen molar-refractivity contribution >= 4 is 0 Å². The van der Waals surface area contributed by atoms with Crippen LogP contribution in [-0.4, -0.2) is 43.9 Å². The largest absolute Gasteiger partial charge is 0.493 e. The van der Waals surface area contributed by atoms with E-state index in [1.54, 1.807) is 14.2 Å². The van der Waals surface area contributed by atoms with Gasteiger partial charge in [-0.15, -0.1) is 0 Å². The lowest BCUT2D eigenvalue weighted by molar-refractivity contribution is 0.112. The Morgan fingerprint density at radius 3 is 2.70 bits per heavy atom. The first-order valence-corrected chi connectivity index (χ1v) is 8.73. The molecule has 2 fully saturated rings. The number of hydrogen-bond donors (Lipinski definition) is 0. The highest BCUT2D eigenvalue weighted by atomic mass is 16.6. The molecule has 126 valence electrons. The molecule has 0 spiro atoms. The van der Waals surface area contributed by atoms with Gasteiger partial charge in [-0.2, -0.15) is 0 Å². The maximum atomic E-state index is 6.19. The molecule has 0 saturated carbocycles. The van der Waals surface area contributed by atoms with E-state index in [-0.39, 0.29) is 5.60 Å². The van der Waals surface area contributed by atoms with E-state index >= 15 is 0 Å². The number of piperidine rings is 1. The maximum absolute atomic E-state index is 6.19. The van der Waals surface area contributed by atoms with Crippen molar-refractivity contribution in [1.82, 2.24) is 4.90 Å². The summed E-state index contributed by atoms with van der Waals surface area (Å²) in [5.74, 6) is 2.37. The number of hydrogen-bond acceptors (Lipinski definition) is 4. The molecule has 4 heteroatoms. The van der Waals surface area contributed by atoms with Crippen LogP contribution in [0.5, 0.6) is 11.5 Å². The summed E-state index contributed by atoms with van der Waals surface area (Å²) in [6, 6.07) is 4.81. The van der Waals surface area contributed by atoms with Gasteiger partial charge in [0.2, 0.25) is 0 Å². The van der Waals surface area contributed by atoms with Gasteiger partial charge < -0.3 is 14.2 Å². The van der Waals surface area contributed by atoms with E-state index in [4.69, 9.17) is 14.2 Å². The van der Waals surface area contributed by atoms with Gasteiger partial charge in [0.05, 0.1) is 20.3 Å². The van der Waals surface area contributed by atoms with Crippen LogP contribution >= 0.6 is 0 Å². The minimum atomic E-state index is 0.138. The number of ether oxygens (including phenoxy) is 3. The van der Waals surface area contributed by atoms with Crippen molar-refractivity contribution in [2.24, 2.45) is 5.92 Å². The normalized spacial score (nSPS) is 32.0. The van der Waals surface area contributed by atoms with E-state index in [1.165, 1.54) is 17.5 Å². The van der Waals surface area contributed by atoms with Crippen molar-refractivity contribution in [3.63, 3.8) is 0 Å². The van der Waals surface area contributed by atoms with Crippen molar-refractivity contribution in [3.8, 4) is 11.5 Å². The monoisotopic (exact) mass is 317 g/mol. The van der Waals surface area contributed by atoms with E-state index in [0.29, 0.717) is 18.1 Å². The number of rotatable bonds is 4. The lowest BCUT2D eigenvalue weighted by Crippen LogP contribution is -2.47. The van der Waals surface area contributed by atoms with Crippen LogP contribution in [0.3, 0.4) is 0 Å². The predicted molar refractivity (Wildman–Crippen MR) is 89.2 cm³/mol. The summed E-state index contributed by atoms with van der Waals surface area (Å²) in [5.41, 5.74) is 2.95. The molecule has 0 aliphatic carbocycles.